The van der Waals surface area contributed by atoms with Crippen molar-refractivity contribution in [1.29, 1.82) is 0 Å². The minimum absolute atomic E-state index is 0.310. The van der Waals surface area contributed by atoms with Gasteiger partial charge >= 0.3 is 0 Å². The van der Waals surface area contributed by atoms with Crippen LogP contribution in [0.2, 0.25) is 0 Å². The van der Waals surface area contributed by atoms with Crippen LogP contribution in [-0.4, -0.2) is 31.2 Å². The van der Waals surface area contributed by atoms with E-state index in [1.54, 1.807) is 0 Å². The van der Waals surface area contributed by atoms with Gasteiger partial charge < -0.3 is 10.1 Å². The molecule has 1 N–H and O–H groups in total. The van der Waals surface area contributed by atoms with Gasteiger partial charge in [0.2, 0.25) is 0 Å². The van der Waals surface area contributed by atoms with Gasteiger partial charge in [-0.25, -0.2) is 0 Å². The molecule has 0 heterocycles. The normalized spacial score (nSPS) is 29.0. The van der Waals surface area contributed by atoms with Gasteiger partial charge in [0.25, 0.3) is 0 Å². The van der Waals surface area contributed by atoms with E-state index in [9.17, 15) is 0 Å². The van der Waals surface area contributed by atoms with Crippen LogP contribution in [0.1, 0.15) is 45.4 Å². The third-order valence-electron chi connectivity index (χ3n) is 3.17. The van der Waals surface area contributed by atoms with Crippen molar-refractivity contribution in [2.45, 2.75) is 63.0 Å². The van der Waals surface area contributed by atoms with Gasteiger partial charge in [0.1, 0.15) is 0 Å². The summed E-state index contributed by atoms with van der Waals surface area (Å²) in [7, 11) is 1.82. The fourth-order valence-electron chi connectivity index (χ4n) is 2.23. The number of alkyl halides is 1. The van der Waals surface area contributed by atoms with Crippen LogP contribution in [0.5, 0.6) is 0 Å². The van der Waals surface area contributed by atoms with E-state index in [0.29, 0.717) is 17.5 Å². The van der Waals surface area contributed by atoms with Crippen molar-refractivity contribution in [3.63, 3.8) is 0 Å². The molecule has 1 saturated carbocycles. The molecule has 1 rings (SSSR count). The van der Waals surface area contributed by atoms with Crippen LogP contribution in [0, 0.1) is 0 Å². The van der Waals surface area contributed by atoms with Crippen LogP contribution in [-0.2, 0) is 4.74 Å². The first kappa shape index (κ1) is 13.3. The Hall–Kier alpha value is 0.210. The highest BCUT2D eigenvalue weighted by atomic mass is 35.5. The average molecular weight is 234 g/mol. The Morgan fingerprint density at radius 3 is 2.93 bits per heavy atom. The van der Waals surface area contributed by atoms with E-state index in [-0.39, 0.29) is 0 Å². The van der Waals surface area contributed by atoms with E-state index in [0.717, 1.165) is 13.0 Å². The molecule has 0 aromatic rings. The third-order valence-corrected chi connectivity index (χ3v) is 3.39. The summed E-state index contributed by atoms with van der Waals surface area (Å²) in [5, 5.41) is 3.91. The summed E-state index contributed by atoms with van der Waals surface area (Å²) in [5.41, 5.74) is 0. The maximum atomic E-state index is 5.90. The van der Waals surface area contributed by atoms with Crippen molar-refractivity contribution >= 4 is 11.6 Å². The molecule has 3 unspecified atom stereocenters. The van der Waals surface area contributed by atoms with Gasteiger partial charge in [-0.1, -0.05) is 0 Å². The molecule has 0 amide bonds. The standard InChI is InChI=1S/C12H24ClNO/c1-10(13)5-4-8-14-11-6-3-7-12(9-11)15-2/h10-12,14H,3-9H2,1-2H3. The van der Waals surface area contributed by atoms with E-state index in [1.807, 2.05) is 7.11 Å². The zero-order valence-electron chi connectivity index (χ0n) is 9.97. The SMILES string of the molecule is COC1CCCC(NCCCC(C)Cl)C1. The summed E-state index contributed by atoms with van der Waals surface area (Å²) in [6, 6.07) is 0.661. The number of methoxy groups -OCH3 is 1. The molecule has 15 heavy (non-hydrogen) atoms. The van der Waals surface area contributed by atoms with Gasteiger partial charge in [0, 0.05) is 18.5 Å². The summed E-state index contributed by atoms with van der Waals surface area (Å²) in [6.07, 6.45) is 7.76. The second kappa shape index (κ2) is 7.48. The van der Waals surface area contributed by atoms with Crippen LogP contribution < -0.4 is 5.32 Å². The molecule has 1 aliphatic rings. The molecule has 0 aromatic heterocycles. The third kappa shape index (κ3) is 5.74. The fraction of sp³-hybridized carbons (Fsp3) is 1.00. The molecule has 3 heteroatoms. The topological polar surface area (TPSA) is 21.3 Å². The first-order valence-electron chi connectivity index (χ1n) is 6.12. The molecule has 0 aliphatic heterocycles. The number of hydrogen-bond acceptors (Lipinski definition) is 2. The van der Waals surface area contributed by atoms with Crippen LogP contribution in [0.4, 0.5) is 0 Å². The lowest BCUT2D eigenvalue weighted by atomic mass is 9.93. The minimum atomic E-state index is 0.310. The van der Waals surface area contributed by atoms with Crippen molar-refractivity contribution in [2.24, 2.45) is 0 Å². The maximum absolute atomic E-state index is 5.90. The Morgan fingerprint density at radius 1 is 1.47 bits per heavy atom. The Balaban J connectivity index is 2.05. The first-order chi connectivity index (χ1) is 7.22. The van der Waals surface area contributed by atoms with Gasteiger partial charge in [-0.05, 0) is 52.0 Å². The lowest BCUT2D eigenvalue weighted by Crippen LogP contribution is -2.37. The highest BCUT2D eigenvalue weighted by Crippen LogP contribution is 2.20. The van der Waals surface area contributed by atoms with Gasteiger partial charge in [-0.3, -0.25) is 0 Å². The fourth-order valence-corrected chi connectivity index (χ4v) is 2.39. The van der Waals surface area contributed by atoms with Crippen LogP contribution in [0.25, 0.3) is 0 Å². The quantitative estimate of drug-likeness (QED) is 0.563. The van der Waals surface area contributed by atoms with Gasteiger partial charge in [0.05, 0.1) is 6.10 Å². The lowest BCUT2D eigenvalue weighted by molar-refractivity contribution is 0.0589. The van der Waals surface area contributed by atoms with Crippen molar-refractivity contribution in [3.05, 3.63) is 0 Å². The molecule has 0 bridgehead atoms. The zero-order chi connectivity index (χ0) is 11.1. The largest absolute Gasteiger partial charge is 0.381 e. The van der Waals surface area contributed by atoms with E-state index in [1.165, 1.54) is 32.1 Å². The first-order valence-corrected chi connectivity index (χ1v) is 6.56. The summed E-state index contributed by atoms with van der Waals surface area (Å²) in [4.78, 5) is 0. The summed E-state index contributed by atoms with van der Waals surface area (Å²) in [5.74, 6) is 0. The molecule has 1 fully saturated rings. The van der Waals surface area contributed by atoms with Crippen molar-refractivity contribution < 1.29 is 4.74 Å². The monoisotopic (exact) mass is 233 g/mol. The average Bonchev–Trinajstić information content (AvgIpc) is 2.24. The van der Waals surface area contributed by atoms with Crippen molar-refractivity contribution in [1.82, 2.24) is 5.32 Å². The Bertz CT molecular complexity index is 164. The van der Waals surface area contributed by atoms with Gasteiger partial charge in [-0.2, -0.15) is 0 Å². The minimum Gasteiger partial charge on any atom is -0.381 e. The van der Waals surface area contributed by atoms with E-state index in [4.69, 9.17) is 16.3 Å². The predicted octanol–water partition coefficient (Wildman–Crippen LogP) is 2.94. The van der Waals surface area contributed by atoms with Crippen LogP contribution in [0.15, 0.2) is 0 Å². The lowest BCUT2D eigenvalue weighted by Gasteiger charge is -2.29. The van der Waals surface area contributed by atoms with E-state index < -0.39 is 0 Å². The van der Waals surface area contributed by atoms with Crippen molar-refractivity contribution in [3.8, 4) is 0 Å². The van der Waals surface area contributed by atoms with Gasteiger partial charge in [-0.15, -0.1) is 11.6 Å². The number of nitrogens with one attached hydrogen (secondary N) is 1. The van der Waals surface area contributed by atoms with Crippen LogP contribution in [0.3, 0.4) is 0 Å². The molecular weight excluding hydrogens is 210 g/mol. The molecule has 0 aromatic carbocycles. The molecule has 0 radical (unpaired) electrons. The smallest absolute Gasteiger partial charge is 0.0586 e. The molecule has 1 aliphatic carbocycles. The number of halogens is 1. The second-order valence-corrected chi connectivity index (χ2v) is 5.34. The molecule has 0 spiro atoms. The number of hydrogen-bond donors (Lipinski definition) is 1. The molecule has 0 saturated heterocycles. The number of ether oxygens (including phenoxy) is 1. The summed E-state index contributed by atoms with van der Waals surface area (Å²) < 4.78 is 5.40. The van der Waals surface area contributed by atoms with E-state index in [2.05, 4.69) is 12.2 Å². The Labute approximate surface area is 98.7 Å². The molecular formula is C12H24ClNO. The summed E-state index contributed by atoms with van der Waals surface area (Å²) >= 11 is 5.90. The maximum Gasteiger partial charge on any atom is 0.0586 e. The van der Waals surface area contributed by atoms with Crippen molar-refractivity contribution in [2.75, 3.05) is 13.7 Å². The van der Waals surface area contributed by atoms with E-state index >= 15 is 0 Å². The second-order valence-electron chi connectivity index (χ2n) is 4.60. The molecule has 3 atom stereocenters. The molecule has 90 valence electrons. The highest BCUT2D eigenvalue weighted by Gasteiger charge is 2.20. The Morgan fingerprint density at radius 2 is 2.27 bits per heavy atom. The number of rotatable bonds is 6. The molecule has 2 nitrogen and oxygen atoms in total. The summed E-state index contributed by atoms with van der Waals surface area (Å²) in [6.45, 7) is 3.15. The van der Waals surface area contributed by atoms with Gasteiger partial charge in [0.15, 0.2) is 0 Å². The highest BCUT2D eigenvalue weighted by molar-refractivity contribution is 6.20. The Kier molecular flexibility index (Phi) is 6.62. The zero-order valence-corrected chi connectivity index (χ0v) is 10.7. The predicted molar refractivity (Wildman–Crippen MR) is 65.6 cm³/mol. The van der Waals surface area contributed by atoms with Crippen LogP contribution >= 0.6 is 11.6 Å².